The molecule has 3 aromatic rings. The molecule has 1 atom stereocenters. The van der Waals surface area contributed by atoms with Gasteiger partial charge in [-0.25, -0.2) is 0 Å². The summed E-state index contributed by atoms with van der Waals surface area (Å²) in [5, 5.41) is 7.92. The first-order chi connectivity index (χ1) is 15.5. The highest BCUT2D eigenvalue weighted by Crippen LogP contribution is 2.31. The van der Waals surface area contributed by atoms with Gasteiger partial charge in [0.15, 0.2) is 0 Å². The topological polar surface area (TPSA) is 56.9 Å². The fraction of sp³-hybridized carbons (Fsp3) is 0.391. The van der Waals surface area contributed by atoms with Gasteiger partial charge in [0.1, 0.15) is 12.1 Å². The highest BCUT2D eigenvalue weighted by Gasteiger charge is 2.33. The maximum atomic E-state index is 12.8. The van der Waals surface area contributed by atoms with Crippen LogP contribution in [0.2, 0.25) is 0 Å². The average Bonchev–Trinajstić information content (AvgIpc) is 3.45. The summed E-state index contributed by atoms with van der Waals surface area (Å²) in [6.45, 7) is 2.28. The number of hydrogen-bond donors (Lipinski definition) is 1. The van der Waals surface area contributed by atoms with E-state index in [0.29, 0.717) is 12.5 Å². The summed E-state index contributed by atoms with van der Waals surface area (Å²) >= 11 is 0. The van der Waals surface area contributed by atoms with Crippen molar-refractivity contribution in [2.45, 2.75) is 31.5 Å². The van der Waals surface area contributed by atoms with E-state index in [0.717, 1.165) is 54.2 Å². The van der Waals surface area contributed by atoms with E-state index in [4.69, 9.17) is 4.84 Å². The van der Waals surface area contributed by atoms with Gasteiger partial charge < -0.3 is 10.2 Å². The van der Waals surface area contributed by atoms with Crippen LogP contribution in [0.25, 0.3) is 22.2 Å². The maximum absolute atomic E-state index is 12.8. The summed E-state index contributed by atoms with van der Waals surface area (Å²) in [5.41, 5.74) is 2.93. The molecule has 1 aliphatic heterocycles. The number of hydrogen-bond acceptors (Lipinski definition) is 4. The Hall–Kier alpha value is -3.07. The van der Waals surface area contributed by atoms with E-state index < -0.39 is 11.7 Å². The normalized spacial score (nSPS) is 20.0. The molecule has 0 bridgehead atoms. The summed E-state index contributed by atoms with van der Waals surface area (Å²) < 4.78 is 42.0. The van der Waals surface area contributed by atoms with Crippen LogP contribution in [0.4, 0.5) is 13.2 Å². The molecule has 0 amide bonds. The van der Waals surface area contributed by atoms with Crippen LogP contribution in [0, 0.1) is 5.92 Å². The number of rotatable bonds is 5. The first kappa shape index (κ1) is 20.8. The second kappa shape index (κ2) is 8.46. The van der Waals surface area contributed by atoms with Crippen molar-refractivity contribution in [2.75, 3.05) is 19.7 Å². The summed E-state index contributed by atoms with van der Waals surface area (Å²) in [5.74, 6) is -0.113. The van der Waals surface area contributed by atoms with E-state index in [1.54, 1.807) is 17.0 Å². The van der Waals surface area contributed by atoms with Gasteiger partial charge in [-0.05, 0) is 44.5 Å². The van der Waals surface area contributed by atoms with Gasteiger partial charge in [-0.1, -0.05) is 18.2 Å². The number of halogens is 3. The van der Waals surface area contributed by atoms with Crippen LogP contribution in [0.5, 0.6) is 0 Å². The molecule has 1 unspecified atom stereocenters. The minimum absolute atomic E-state index is 0.113. The smallest absolute Gasteiger partial charge is 0.413 e. The van der Waals surface area contributed by atoms with Crippen molar-refractivity contribution in [3.63, 3.8) is 0 Å². The van der Waals surface area contributed by atoms with Crippen LogP contribution in [0.3, 0.4) is 0 Å². The second-order valence-corrected chi connectivity index (χ2v) is 8.27. The van der Waals surface area contributed by atoms with Crippen molar-refractivity contribution in [3.05, 3.63) is 60.7 Å². The number of allylic oxidation sites excluding steroid dienone is 3. The van der Waals surface area contributed by atoms with Crippen molar-refractivity contribution in [1.29, 1.82) is 0 Å². The second-order valence-electron chi connectivity index (χ2n) is 8.27. The van der Waals surface area contributed by atoms with Crippen LogP contribution in [0.15, 0.2) is 60.7 Å². The molecular weight excluding hydrogens is 419 g/mol. The Bertz CT molecular complexity index is 1150. The van der Waals surface area contributed by atoms with Crippen molar-refractivity contribution in [3.8, 4) is 11.1 Å². The molecule has 6 nitrogen and oxygen atoms in total. The van der Waals surface area contributed by atoms with Crippen molar-refractivity contribution in [1.82, 2.24) is 24.8 Å². The third-order valence-corrected chi connectivity index (χ3v) is 6.06. The van der Waals surface area contributed by atoms with Gasteiger partial charge in [0.25, 0.3) is 0 Å². The van der Waals surface area contributed by atoms with Crippen molar-refractivity contribution >= 4 is 11.0 Å². The molecule has 5 rings (SSSR count). The highest BCUT2D eigenvalue weighted by molar-refractivity contribution is 5.80. The molecule has 4 heterocycles. The molecule has 0 saturated carbocycles. The van der Waals surface area contributed by atoms with Gasteiger partial charge in [-0.2, -0.15) is 23.0 Å². The summed E-state index contributed by atoms with van der Waals surface area (Å²) in [7, 11) is 0. The summed E-state index contributed by atoms with van der Waals surface area (Å²) in [6, 6.07) is 4.27. The largest absolute Gasteiger partial charge is 0.416 e. The van der Waals surface area contributed by atoms with Gasteiger partial charge in [0.05, 0.1) is 23.3 Å². The number of nitrogens with one attached hydrogen (secondary N) is 1. The molecule has 168 valence electrons. The zero-order chi connectivity index (χ0) is 22.1. The Labute approximate surface area is 183 Å². The number of nitrogens with zero attached hydrogens (tertiary/aromatic N) is 4. The lowest BCUT2D eigenvalue weighted by molar-refractivity contribution is -0.0888. The number of aromatic nitrogens is 4. The lowest BCUT2D eigenvalue weighted by atomic mass is 9.97. The Morgan fingerprint density at radius 3 is 2.75 bits per heavy atom. The van der Waals surface area contributed by atoms with Gasteiger partial charge in [-0.3, -0.25) is 9.67 Å². The molecule has 3 aromatic heterocycles. The van der Waals surface area contributed by atoms with Crippen LogP contribution in [-0.4, -0.2) is 45.4 Å². The highest BCUT2D eigenvalue weighted by atomic mass is 19.4. The lowest BCUT2D eigenvalue weighted by Gasteiger charge is -2.22. The van der Waals surface area contributed by atoms with Gasteiger partial charge in [-0.15, -0.1) is 0 Å². The molecule has 0 radical (unpaired) electrons. The molecule has 2 aliphatic rings. The third-order valence-electron chi connectivity index (χ3n) is 6.06. The van der Waals surface area contributed by atoms with Gasteiger partial charge in [0.2, 0.25) is 0 Å². The minimum atomic E-state index is -4.30. The zero-order valence-electron chi connectivity index (χ0n) is 17.4. The summed E-state index contributed by atoms with van der Waals surface area (Å²) in [4.78, 5) is 10.4. The van der Waals surface area contributed by atoms with E-state index in [-0.39, 0.29) is 12.5 Å². The van der Waals surface area contributed by atoms with Crippen LogP contribution >= 0.6 is 0 Å². The quantitative estimate of drug-likeness (QED) is 0.638. The van der Waals surface area contributed by atoms with Crippen molar-refractivity contribution in [2.24, 2.45) is 5.92 Å². The first-order valence-electron chi connectivity index (χ1n) is 10.8. The molecule has 1 saturated heterocycles. The summed E-state index contributed by atoms with van der Waals surface area (Å²) in [6.07, 6.45) is 9.55. The third kappa shape index (κ3) is 4.29. The van der Waals surface area contributed by atoms with Gasteiger partial charge in [0, 0.05) is 35.6 Å². The maximum Gasteiger partial charge on any atom is 0.416 e. The Morgan fingerprint density at radius 1 is 1.16 bits per heavy atom. The molecule has 1 aliphatic carbocycles. The Morgan fingerprint density at radius 2 is 2.00 bits per heavy atom. The monoisotopic (exact) mass is 443 g/mol. The standard InChI is InChI=1S/C23H24F3N5O/c24-23(25,26)19-3-1-16(2-4-19)15-32-31-10-7-21-22(31)11-17(12-28-21)18-13-29-30(14-18)20-5-8-27-9-6-20/h1,3-4,7,10-14,16,20,27H,2,5-6,8-9,15H2. The molecule has 32 heavy (non-hydrogen) atoms. The number of pyridine rings is 1. The SMILES string of the molecule is FC(F)(F)C1=CCC(COn2ccc3ncc(-c4cnn(C5CCNCC5)c4)cc32)C=C1. The predicted octanol–water partition coefficient (Wildman–Crippen LogP) is 4.32. The number of alkyl halides is 3. The molecule has 0 spiro atoms. The van der Waals surface area contributed by atoms with Crippen LogP contribution in [-0.2, 0) is 0 Å². The van der Waals surface area contributed by atoms with E-state index >= 15 is 0 Å². The van der Waals surface area contributed by atoms with E-state index in [9.17, 15) is 13.2 Å². The van der Waals surface area contributed by atoms with E-state index in [2.05, 4.69) is 21.6 Å². The lowest BCUT2D eigenvalue weighted by Crippen LogP contribution is -2.29. The average molecular weight is 443 g/mol. The predicted molar refractivity (Wildman–Crippen MR) is 115 cm³/mol. The fourth-order valence-corrected chi connectivity index (χ4v) is 4.19. The molecule has 1 N–H and O–H groups in total. The van der Waals surface area contributed by atoms with Crippen molar-refractivity contribution < 1.29 is 18.0 Å². The molecular formula is C23H24F3N5O. The van der Waals surface area contributed by atoms with Gasteiger partial charge >= 0.3 is 6.18 Å². The van der Waals surface area contributed by atoms with Crippen LogP contribution in [0.1, 0.15) is 25.3 Å². The number of piperidine rings is 1. The molecule has 1 fully saturated rings. The minimum Gasteiger partial charge on any atom is -0.413 e. The Balaban J connectivity index is 1.29. The van der Waals surface area contributed by atoms with E-state index in [1.165, 1.54) is 6.08 Å². The molecule has 9 heteroatoms. The first-order valence-corrected chi connectivity index (χ1v) is 10.8. The Kier molecular flexibility index (Phi) is 5.50. The fourth-order valence-electron chi connectivity index (χ4n) is 4.19. The zero-order valence-corrected chi connectivity index (χ0v) is 17.4. The van der Waals surface area contributed by atoms with Crippen LogP contribution < -0.4 is 10.2 Å². The van der Waals surface area contributed by atoms with E-state index in [1.807, 2.05) is 29.2 Å². The number of fused-ring (bicyclic) bond motifs is 1. The molecule has 0 aromatic carbocycles.